The molecule has 0 aliphatic carbocycles. The van der Waals surface area contributed by atoms with Gasteiger partial charge in [0.25, 0.3) is 0 Å². The molecule has 0 saturated carbocycles. The number of rotatable bonds is 0. The lowest BCUT2D eigenvalue weighted by Crippen LogP contribution is -2.02. The van der Waals surface area contributed by atoms with Crippen molar-refractivity contribution >= 4 is 24.1 Å². The Hall–Kier alpha value is -1.44. The molecule has 0 atom stereocenters. The summed E-state index contributed by atoms with van der Waals surface area (Å²) in [4.78, 5) is 0. The van der Waals surface area contributed by atoms with Crippen LogP contribution in [0.25, 0.3) is 10.8 Å². The van der Waals surface area contributed by atoms with Gasteiger partial charge in [0, 0.05) is 5.39 Å². The fraction of sp³-hybridized carbons (Fsp3) is 0. The molecule has 2 rings (SSSR count). The van der Waals surface area contributed by atoms with Gasteiger partial charge in [-0.3, -0.25) is 0 Å². The Morgan fingerprint density at radius 1 is 0.917 bits per heavy atom. The molecule has 0 aromatic heterocycles. The van der Waals surface area contributed by atoms with E-state index in [9.17, 15) is 5.11 Å². The first kappa shape index (κ1) is 7.23. The fourth-order valence-electron chi connectivity index (χ4n) is 1.31. The monoisotopic (exact) mass is 154 g/mol. The zero-order valence-corrected chi connectivity index (χ0v) is 6.49. The lowest BCUT2D eigenvalue weighted by atomic mass is 9.90. The van der Waals surface area contributed by atoms with Crippen molar-refractivity contribution in [2.75, 3.05) is 0 Å². The maximum Gasteiger partial charge on any atom is 0.123 e. The minimum atomic E-state index is 0.278. The summed E-state index contributed by atoms with van der Waals surface area (Å²) in [6, 6.07) is 10.8. The number of benzene rings is 2. The van der Waals surface area contributed by atoms with Crippen molar-refractivity contribution in [3.8, 4) is 5.75 Å². The van der Waals surface area contributed by atoms with Gasteiger partial charge in [0.15, 0.2) is 0 Å². The molecule has 1 nitrogen and oxygen atoms in total. The van der Waals surface area contributed by atoms with Crippen LogP contribution in [-0.4, -0.2) is 13.0 Å². The van der Waals surface area contributed by atoms with Gasteiger partial charge in [0.2, 0.25) is 0 Å². The first-order valence-corrected chi connectivity index (χ1v) is 3.75. The topological polar surface area (TPSA) is 20.2 Å². The summed E-state index contributed by atoms with van der Waals surface area (Å²) in [5.74, 6) is 0.278. The van der Waals surface area contributed by atoms with E-state index in [0.717, 1.165) is 10.8 Å². The summed E-state index contributed by atoms with van der Waals surface area (Å²) in [6.07, 6.45) is 0. The van der Waals surface area contributed by atoms with Gasteiger partial charge in [-0.05, 0) is 11.5 Å². The molecular formula is C10H7BO. The molecule has 56 valence electrons. The van der Waals surface area contributed by atoms with Crippen molar-refractivity contribution in [2.24, 2.45) is 0 Å². The predicted octanol–water partition coefficient (Wildman–Crippen LogP) is 1.34. The van der Waals surface area contributed by atoms with Crippen molar-refractivity contribution in [3.05, 3.63) is 36.4 Å². The van der Waals surface area contributed by atoms with E-state index in [2.05, 4.69) is 0 Å². The van der Waals surface area contributed by atoms with Gasteiger partial charge in [-0.15, -0.1) is 0 Å². The van der Waals surface area contributed by atoms with Gasteiger partial charge in [-0.1, -0.05) is 35.8 Å². The van der Waals surface area contributed by atoms with E-state index in [1.54, 1.807) is 12.1 Å². The van der Waals surface area contributed by atoms with Gasteiger partial charge in [-0.25, -0.2) is 0 Å². The lowest BCUT2D eigenvalue weighted by Gasteiger charge is -2.03. The molecule has 0 saturated heterocycles. The Morgan fingerprint density at radius 2 is 1.58 bits per heavy atom. The van der Waals surface area contributed by atoms with Crippen LogP contribution in [0.2, 0.25) is 0 Å². The Balaban J connectivity index is 2.95. The van der Waals surface area contributed by atoms with Crippen molar-refractivity contribution in [1.29, 1.82) is 0 Å². The number of aromatic hydroxyl groups is 1. The van der Waals surface area contributed by atoms with Crippen LogP contribution in [0.5, 0.6) is 5.75 Å². The van der Waals surface area contributed by atoms with Gasteiger partial charge in [0.05, 0.1) is 0 Å². The molecule has 0 aliphatic rings. The van der Waals surface area contributed by atoms with Crippen LogP contribution in [0, 0.1) is 0 Å². The number of hydrogen-bond acceptors (Lipinski definition) is 1. The van der Waals surface area contributed by atoms with E-state index in [4.69, 9.17) is 7.85 Å². The second-order valence-corrected chi connectivity index (χ2v) is 2.72. The highest BCUT2D eigenvalue weighted by Crippen LogP contribution is 2.21. The van der Waals surface area contributed by atoms with E-state index in [-0.39, 0.29) is 5.75 Å². The van der Waals surface area contributed by atoms with Crippen LogP contribution >= 0.6 is 0 Å². The Kier molecular flexibility index (Phi) is 1.54. The Morgan fingerprint density at radius 3 is 2.25 bits per heavy atom. The minimum Gasteiger partial charge on any atom is -0.507 e. The van der Waals surface area contributed by atoms with Crippen LogP contribution in [0.4, 0.5) is 0 Å². The molecule has 12 heavy (non-hydrogen) atoms. The summed E-state index contributed by atoms with van der Waals surface area (Å²) in [5, 5.41) is 11.1. The van der Waals surface area contributed by atoms with Gasteiger partial charge < -0.3 is 5.11 Å². The molecule has 2 aromatic carbocycles. The number of phenolic OH excluding ortho intramolecular Hbond substituents is 1. The third kappa shape index (κ3) is 0.963. The molecule has 2 aromatic rings. The lowest BCUT2D eigenvalue weighted by molar-refractivity contribution is 0.482. The summed E-state index contributed by atoms with van der Waals surface area (Å²) in [7, 11) is 5.71. The summed E-state index contributed by atoms with van der Waals surface area (Å²) in [6.45, 7) is 0. The van der Waals surface area contributed by atoms with Crippen LogP contribution < -0.4 is 5.46 Å². The normalized spacial score (nSPS) is 10.3. The average molecular weight is 154 g/mol. The fourth-order valence-corrected chi connectivity index (χ4v) is 1.31. The van der Waals surface area contributed by atoms with Crippen molar-refractivity contribution in [3.63, 3.8) is 0 Å². The third-order valence-corrected chi connectivity index (χ3v) is 1.93. The summed E-state index contributed by atoms with van der Waals surface area (Å²) >= 11 is 0. The van der Waals surface area contributed by atoms with E-state index in [1.807, 2.05) is 24.3 Å². The summed E-state index contributed by atoms with van der Waals surface area (Å²) in [5.41, 5.74) is 0.698. The highest BCUT2D eigenvalue weighted by molar-refractivity contribution is 6.39. The minimum absolute atomic E-state index is 0.278. The molecule has 1 N–H and O–H groups in total. The maximum absolute atomic E-state index is 9.44. The zero-order valence-electron chi connectivity index (χ0n) is 6.49. The van der Waals surface area contributed by atoms with Gasteiger partial charge in [-0.2, -0.15) is 0 Å². The predicted molar refractivity (Wildman–Crippen MR) is 51.0 cm³/mol. The van der Waals surface area contributed by atoms with E-state index < -0.39 is 0 Å². The highest BCUT2D eigenvalue weighted by Gasteiger charge is 1.99. The Bertz CT molecular complexity index is 383. The molecule has 0 amide bonds. The molecule has 2 heteroatoms. The Labute approximate surface area is 72.1 Å². The quantitative estimate of drug-likeness (QED) is 0.567. The largest absolute Gasteiger partial charge is 0.507 e. The molecule has 0 heterocycles. The molecule has 2 radical (unpaired) electrons. The first-order valence-electron chi connectivity index (χ1n) is 3.75. The van der Waals surface area contributed by atoms with Crippen LogP contribution in [0.1, 0.15) is 0 Å². The van der Waals surface area contributed by atoms with Crippen molar-refractivity contribution < 1.29 is 5.11 Å². The zero-order chi connectivity index (χ0) is 8.55. The standard InChI is InChI=1S/C10H7BO/c11-9-5-6-10(12)8-4-2-1-3-7(8)9/h1-6,12H. The van der Waals surface area contributed by atoms with Crippen LogP contribution in [-0.2, 0) is 0 Å². The second-order valence-electron chi connectivity index (χ2n) is 2.72. The van der Waals surface area contributed by atoms with E-state index in [1.165, 1.54) is 0 Å². The maximum atomic E-state index is 9.44. The molecular weight excluding hydrogens is 147 g/mol. The number of fused-ring (bicyclic) bond motifs is 1. The van der Waals surface area contributed by atoms with Gasteiger partial charge >= 0.3 is 0 Å². The smallest absolute Gasteiger partial charge is 0.123 e. The van der Waals surface area contributed by atoms with E-state index >= 15 is 0 Å². The molecule has 0 bridgehead atoms. The van der Waals surface area contributed by atoms with Crippen molar-refractivity contribution in [2.45, 2.75) is 0 Å². The molecule has 0 unspecified atom stereocenters. The van der Waals surface area contributed by atoms with Crippen LogP contribution in [0.3, 0.4) is 0 Å². The van der Waals surface area contributed by atoms with Crippen LogP contribution in [0.15, 0.2) is 36.4 Å². The molecule has 0 fully saturated rings. The number of hydrogen-bond donors (Lipinski definition) is 1. The second kappa shape index (κ2) is 2.56. The first-order chi connectivity index (χ1) is 5.79. The highest BCUT2D eigenvalue weighted by atomic mass is 16.3. The average Bonchev–Trinajstić information content (AvgIpc) is 2.12. The number of phenols is 1. The SMILES string of the molecule is [B]c1ccc(O)c2ccccc12. The third-order valence-electron chi connectivity index (χ3n) is 1.93. The molecule has 0 spiro atoms. The van der Waals surface area contributed by atoms with Crippen molar-refractivity contribution in [1.82, 2.24) is 0 Å². The van der Waals surface area contributed by atoms with E-state index in [0.29, 0.717) is 5.46 Å². The molecule has 0 aliphatic heterocycles. The summed E-state index contributed by atoms with van der Waals surface area (Å²) < 4.78 is 0. The van der Waals surface area contributed by atoms with Gasteiger partial charge in [0.1, 0.15) is 13.6 Å².